The molecule has 1 aromatic carbocycles. The number of halogens is 1. The Morgan fingerprint density at radius 2 is 2.14 bits per heavy atom. The second-order valence-corrected chi connectivity index (χ2v) is 8.44. The van der Waals surface area contributed by atoms with E-state index in [1.54, 1.807) is 6.07 Å². The summed E-state index contributed by atoms with van der Waals surface area (Å²) in [5.74, 6) is -0.813. The summed E-state index contributed by atoms with van der Waals surface area (Å²) in [6.07, 6.45) is 2.04. The molecule has 28 heavy (non-hydrogen) atoms. The molecule has 0 saturated heterocycles. The van der Waals surface area contributed by atoms with E-state index in [1.807, 2.05) is 0 Å². The zero-order valence-electron chi connectivity index (χ0n) is 14.2. The van der Waals surface area contributed by atoms with E-state index in [9.17, 15) is 22.4 Å². The lowest BCUT2D eigenvalue weighted by molar-refractivity contribution is 0.251. The molecule has 0 fully saturated rings. The maximum absolute atomic E-state index is 13.1. The van der Waals surface area contributed by atoms with Gasteiger partial charge in [0.05, 0.1) is 17.6 Å². The second kappa shape index (κ2) is 8.27. The van der Waals surface area contributed by atoms with Crippen LogP contribution in [0.15, 0.2) is 51.7 Å². The van der Waals surface area contributed by atoms with E-state index in [-0.39, 0.29) is 22.3 Å². The van der Waals surface area contributed by atoms with Crippen molar-refractivity contribution < 1.29 is 17.6 Å². The molecule has 3 N–H and O–H groups in total. The largest absolute Gasteiger partial charge is 0.344 e. The fourth-order valence-corrected chi connectivity index (χ4v) is 4.15. The molecule has 12 heteroatoms. The van der Waals surface area contributed by atoms with Gasteiger partial charge < -0.3 is 10.3 Å². The molecule has 2 aromatic heterocycles. The van der Waals surface area contributed by atoms with Crippen molar-refractivity contribution in [1.82, 2.24) is 20.3 Å². The van der Waals surface area contributed by atoms with Gasteiger partial charge in [-0.1, -0.05) is 12.1 Å². The highest BCUT2D eigenvalue weighted by molar-refractivity contribution is 7.90. The van der Waals surface area contributed by atoms with Crippen LogP contribution in [0.3, 0.4) is 0 Å². The van der Waals surface area contributed by atoms with Crippen molar-refractivity contribution in [3.63, 3.8) is 0 Å². The van der Waals surface area contributed by atoms with Gasteiger partial charge in [0.1, 0.15) is 10.7 Å². The number of carbonyl (C=O) groups is 1. The highest BCUT2D eigenvalue weighted by Gasteiger charge is 2.18. The van der Waals surface area contributed by atoms with Crippen LogP contribution >= 0.6 is 11.3 Å². The summed E-state index contributed by atoms with van der Waals surface area (Å²) >= 11 is 1.06. The molecule has 3 rings (SSSR count). The van der Waals surface area contributed by atoms with Crippen molar-refractivity contribution in [1.29, 1.82) is 0 Å². The van der Waals surface area contributed by atoms with Crippen molar-refractivity contribution >= 4 is 32.3 Å². The number of nitrogens with one attached hydrogen (secondary N) is 3. The second-order valence-electron chi connectivity index (χ2n) is 5.60. The summed E-state index contributed by atoms with van der Waals surface area (Å²) in [7, 11) is -3.75. The van der Waals surface area contributed by atoms with Gasteiger partial charge in [0.25, 0.3) is 0 Å². The predicted octanol–water partition coefficient (Wildman–Crippen LogP) is 1.66. The Morgan fingerprint density at radius 1 is 1.32 bits per heavy atom. The Balaban J connectivity index is 1.58. The summed E-state index contributed by atoms with van der Waals surface area (Å²) in [5.41, 5.74) is 0.176. The van der Waals surface area contributed by atoms with Crippen LogP contribution in [-0.4, -0.2) is 29.4 Å². The molecule has 0 unspecified atom stereocenters. The van der Waals surface area contributed by atoms with E-state index in [0.29, 0.717) is 5.56 Å². The zero-order chi connectivity index (χ0) is 20.1. The van der Waals surface area contributed by atoms with Crippen molar-refractivity contribution in [2.24, 2.45) is 0 Å². The Hall–Kier alpha value is -3.12. The Labute approximate surface area is 162 Å². The third-order valence-corrected chi connectivity index (χ3v) is 5.88. The highest BCUT2D eigenvalue weighted by Crippen LogP contribution is 2.20. The average Bonchev–Trinajstić information content (AvgIpc) is 3.06. The van der Waals surface area contributed by atoms with Crippen LogP contribution in [0.2, 0.25) is 0 Å². The minimum Gasteiger partial charge on any atom is -0.334 e. The number of amides is 2. The lowest BCUT2D eigenvalue weighted by atomic mass is 10.2. The number of aromatic amines is 1. The predicted molar refractivity (Wildman–Crippen MR) is 100 cm³/mol. The minimum atomic E-state index is -3.75. The van der Waals surface area contributed by atoms with Gasteiger partial charge in [-0.25, -0.2) is 32.4 Å². The molecule has 2 heterocycles. The number of aromatic nitrogens is 3. The molecule has 2 amide bonds. The molecular weight excluding hydrogens is 409 g/mol. The standard InChI is InChI=1S/C16H14FN5O4S2/c17-11-3-1-2-10(4-11)5-18-15(24)22-16-21-12(8-27-16)9-28(25,26)13-6-19-14(23)20-7-13/h1-4,6-8H,5,9H2,(H,19,20,23)(H2,18,21,22,24). The van der Waals surface area contributed by atoms with Gasteiger partial charge >= 0.3 is 11.7 Å². The van der Waals surface area contributed by atoms with E-state index in [4.69, 9.17) is 0 Å². The summed E-state index contributed by atoms with van der Waals surface area (Å²) in [6.45, 7) is 0.120. The number of urea groups is 1. The van der Waals surface area contributed by atoms with Crippen LogP contribution in [0.4, 0.5) is 14.3 Å². The SMILES string of the molecule is O=C(NCc1cccc(F)c1)Nc1nc(CS(=O)(=O)c2cnc(=O)[nH]c2)cs1. The molecule has 0 spiro atoms. The number of rotatable bonds is 6. The first-order chi connectivity index (χ1) is 13.3. The van der Waals surface area contributed by atoms with E-state index < -0.39 is 33.1 Å². The minimum absolute atomic E-state index is 0.120. The molecule has 0 aliphatic rings. The number of sulfone groups is 1. The van der Waals surface area contributed by atoms with Gasteiger partial charge in [0.2, 0.25) is 0 Å². The maximum Gasteiger partial charge on any atom is 0.344 e. The van der Waals surface area contributed by atoms with Crippen molar-refractivity contribution in [3.8, 4) is 0 Å². The first kappa shape index (κ1) is 19.6. The summed E-state index contributed by atoms with van der Waals surface area (Å²) in [5, 5.41) is 6.75. The number of anilines is 1. The number of benzene rings is 1. The Bertz CT molecular complexity index is 1140. The van der Waals surface area contributed by atoms with Crippen LogP contribution in [0.5, 0.6) is 0 Å². The van der Waals surface area contributed by atoms with Crippen LogP contribution < -0.4 is 16.3 Å². The molecule has 0 atom stereocenters. The zero-order valence-corrected chi connectivity index (χ0v) is 15.8. The first-order valence-corrected chi connectivity index (χ1v) is 10.4. The molecular formula is C16H14FN5O4S2. The molecule has 9 nitrogen and oxygen atoms in total. The Kier molecular flexibility index (Phi) is 5.80. The number of carbonyl (C=O) groups excluding carboxylic acids is 1. The van der Waals surface area contributed by atoms with Gasteiger partial charge in [-0.2, -0.15) is 0 Å². The highest BCUT2D eigenvalue weighted by atomic mass is 32.2. The number of hydrogen-bond acceptors (Lipinski definition) is 7. The van der Waals surface area contributed by atoms with Crippen LogP contribution in [0.25, 0.3) is 0 Å². The first-order valence-electron chi connectivity index (χ1n) is 7.83. The summed E-state index contributed by atoms with van der Waals surface area (Å²) in [4.78, 5) is 32.4. The molecule has 146 valence electrons. The fourth-order valence-electron chi connectivity index (χ4n) is 2.18. The third-order valence-electron chi connectivity index (χ3n) is 3.46. The third kappa shape index (κ3) is 5.20. The van der Waals surface area contributed by atoms with E-state index in [0.717, 1.165) is 23.7 Å². The summed E-state index contributed by atoms with van der Waals surface area (Å²) < 4.78 is 37.7. The lowest BCUT2D eigenvalue weighted by Crippen LogP contribution is -2.28. The monoisotopic (exact) mass is 423 g/mol. The summed E-state index contributed by atoms with van der Waals surface area (Å²) in [6, 6.07) is 5.26. The normalized spacial score (nSPS) is 11.2. The number of hydrogen-bond donors (Lipinski definition) is 3. The molecule has 0 radical (unpaired) electrons. The van der Waals surface area contributed by atoms with Crippen LogP contribution in [-0.2, 0) is 22.1 Å². The Morgan fingerprint density at radius 3 is 2.86 bits per heavy atom. The van der Waals surface area contributed by atoms with Crippen molar-refractivity contribution in [2.75, 3.05) is 5.32 Å². The molecule has 0 bridgehead atoms. The quantitative estimate of drug-likeness (QED) is 0.552. The van der Waals surface area contributed by atoms with E-state index in [1.165, 1.54) is 23.6 Å². The topological polar surface area (TPSA) is 134 Å². The number of thiazole rings is 1. The smallest absolute Gasteiger partial charge is 0.334 e. The van der Waals surface area contributed by atoms with Gasteiger partial charge in [0, 0.05) is 18.1 Å². The molecule has 0 saturated carbocycles. The maximum atomic E-state index is 13.1. The van der Waals surface area contributed by atoms with Gasteiger partial charge in [-0.05, 0) is 17.7 Å². The molecule has 0 aliphatic carbocycles. The van der Waals surface area contributed by atoms with E-state index >= 15 is 0 Å². The van der Waals surface area contributed by atoms with Gasteiger partial charge in [-0.15, -0.1) is 11.3 Å². The van der Waals surface area contributed by atoms with Crippen LogP contribution in [0, 0.1) is 5.82 Å². The van der Waals surface area contributed by atoms with Crippen molar-refractivity contribution in [3.05, 3.63) is 69.6 Å². The lowest BCUT2D eigenvalue weighted by Gasteiger charge is -2.05. The number of H-pyrrole nitrogens is 1. The van der Waals surface area contributed by atoms with E-state index in [2.05, 4.69) is 25.6 Å². The average molecular weight is 423 g/mol. The van der Waals surface area contributed by atoms with Gasteiger partial charge in [0.15, 0.2) is 15.0 Å². The fraction of sp³-hybridized carbons (Fsp3) is 0.125. The van der Waals surface area contributed by atoms with Crippen molar-refractivity contribution in [2.45, 2.75) is 17.2 Å². The van der Waals surface area contributed by atoms with Crippen LogP contribution in [0.1, 0.15) is 11.3 Å². The van der Waals surface area contributed by atoms with Gasteiger partial charge in [-0.3, -0.25) is 5.32 Å². The molecule has 0 aliphatic heterocycles. The number of nitrogens with zero attached hydrogens (tertiary/aromatic N) is 2. The molecule has 3 aromatic rings.